The van der Waals surface area contributed by atoms with Crippen LogP contribution in [-0.2, 0) is 4.74 Å². The number of rotatable bonds is 3. The Morgan fingerprint density at radius 3 is 3.06 bits per heavy atom. The molecule has 0 radical (unpaired) electrons. The molecule has 0 bridgehead atoms. The summed E-state index contributed by atoms with van der Waals surface area (Å²) in [4.78, 5) is 4.03. The number of nitriles is 1. The molecule has 84 valence electrons. The summed E-state index contributed by atoms with van der Waals surface area (Å²) in [6.45, 7) is 1.37. The summed E-state index contributed by atoms with van der Waals surface area (Å²) in [7, 11) is 0. The van der Waals surface area contributed by atoms with Gasteiger partial charge in [0, 0.05) is 18.9 Å². The van der Waals surface area contributed by atoms with Gasteiger partial charge in [-0.1, -0.05) is 0 Å². The Bertz CT molecular complexity index is 364. The Balaban J connectivity index is 1.82. The van der Waals surface area contributed by atoms with Crippen molar-refractivity contribution < 1.29 is 9.47 Å². The maximum atomic E-state index is 8.61. The highest BCUT2D eigenvalue weighted by atomic mass is 16.5. The minimum Gasteiger partial charge on any atom is -0.475 e. The molecule has 2 rings (SSSR count). The van der Waals surface area contributed by atoms with Gasteiger partial charge in [-0.05, 0) is 25.3 Å². The van der Waals surface area contributed by atoms with Gasteiger partial charge in [0.2, 0.25) is 5.88 Å². The predicted octanol–water partition coefficient (Wildman–Crippen LogP) is 1.90. The summed E-state index contributed by atoms with van der Waals surface area (Å²) < 4.78 is 11.0. The lowest BCUT2D eigenvalue weighted by Crippen LogP contribution is -2.25. The Labute approximate surface area is 94.8 Å². The fourth-order valence-electron chi connectivity index (χ4n) is 1.65. The molecular formula is C12H14N2O2. The second-order valence-electron chi connectivity index (χ2n) is 3.80. The molecule has 16 heavy (non-hydrogen) atoms. The van der Waals surface area contributed by atoms with Crippen molar-refractivity contribution in [1.82, 2.24) is 4.98 Å². The van der Waals surface area contributed by atoms with Crippen LogP contribution in [0.25, 0.3) is 0 Å². The topological polar surface area (TPSA) is 55.1 Å². The van der Waals surface area contributed by atoms with E-state index >= 15 is 0 Å². The lowest BCUT2D eigenvalue weighted by Gasteiger charge is -2.22. The van der Waals surface area contributed by atoms with Gasteiger partial charge in [0.25, 0.3) is 0 Å². The molecule has 4 nitrogen and oxygen atoms in total. The quantitative estimate of drug-likeness (QED) is 0.777. The van der Waals surface area contributed by atoms with E-state index in [0.717, 1.165) is 19.4 Å². The van der Waals surface area contributed by atoms with Crippen molar-refractivity contribution in [2.45, 2.75) is 25.4 Å². The van der Waals surface area contributed by atoms with Crippen molar-refractivity contribution in [2.24, 2.45) is 0 Å². The van der Waals surface area contributed by atoms with E-state index in [9.17, 15) is 0 Å². The zero-order valence-electron chi connectivity index (χ0n) is 9.06. The largest absolute Gasteiger partial charge is 0.475 e. The summed E-state index contributed by atoms with van der Waals surface area (Å²) in [5.74, 6) is 0.549. The second kappa shape index (κ2) is 5.47. The average Bonchev–Trinajstić information content (AvgIpc) is 2.38. The molecule has 0 amide bonds. The van der Waals surface area contributed by atoms with Crippen LogP contribution in [0, 0.1) is 11.3 Å². The average molecular weight is 218 g/mol. The van der Waals surface area contributed by atoms with E-state index in [2.05, 4.69) is 4.98 Å². The second-order valence-corrected chi connectivity index (χ2v) is 3.80. The molecule has 0 aliphatic carbocycles. The van der Waals surface area contributed by atoms with E-state index in [0.29, 0.717) is 18.1 Å². The number of hydrogen-bond donors (Lipinski definition) is 0. The van der Waals surface area contributed by atoms with Crippen LogP contribution >= 0.6 is 0 Å². The van der Waals surface area contributed by atoms with E-state index in [1.54, 1.807) is 12.1 Å². The normalized spacial score (nSPS) is 20.1. The van der Waals surface area contributed by atoms with Crippen molar-refractivity contribution in [3.05, 3.63) is 23.9 Å². The minimum atomic E-state index is 0.186. The van der Waals surface area contributed by atoms with Crippen molar-refractivity contribution in [3.8, 4) is 11.9 Å². The first-order valence-electron chi connectivity index (χ1n) is 5.49. The third-order valence-corrected chi connectivity index (χ3v) is 2.56. The number of nitrogens with zero attached hydrogens (tertiary/aromatic N) is 2. The van der Waals surface area contributed by atoms with E-state index in [4.69, 9.17) is 14.7 Å². The summed E-state index contributed by atoms with van der Waals surface area (Å²) in [6, 6.07) is 5.43. The van der Waals surface area contributed by atoms with Crippen LogP contribution in [0.1, 0.15) is 24.8 Å². The van der Waals surface area contributed by atoms with Crippen molar-refractivity contribution in [1.29, 1.82) is 5.26 Å². The van der Waals surface area contributed by atoms with E-state index in [1.165, 1.54) is 12.6 Å². The maximum absolute atomic E-state index is 8.61. The lowest BCUT2D eigenvalue weighted by molar-refractivity contribution is -0.0119. The van der Waals surface area contributed by atoms with Crippen LogP contribution < -0.4 is 4.74 Å². The van der Waals surface area contributed by atoms with Gasteiger partial charge in [0.1, 0.15) is 12.7 Å². The van der Waals surface area contributed by atoms with Crippen molar-refractivity contribution >= 4 is 0 Å². The first-order valence-corrected chi connectivity index (χ1v) is 5.49. The minimum absolute atomic E-state index is 0.186. The molecule has 4 heteroatoms. The Morgan fingerprint density at radius 2 is 2.44 bits per heavy atom. The van der Waals surface area contributed by atoms with Crippen LogP contribution in [-0.4, -0.2) is 24.3 Å². The van der Waals surface area contributed by atoms with Gasteiger partial charge in [-0.3, -0.25) is 0 Å². The lowest BCUT2D eigenvalue weighted by atomic mass is 10.1. The highest BCUT2D eigenvalue weighted by molar-refractivity contribution is 5.28. The van der Waals surface area contributed by atoms with E-state index in [-0.39, 0.29) is 6.10 Å². The Morgan fingerprint density at radius 1 is 1.50 bits per heavy atom. The molecule has 2 heterocycles. The van der Waals surface area contributed by atoms with Gasteiger partial charge in [0.15, 0.2) is 0 Å². The molecule has 1 aliphatic rings. The predicted molar refractivity (Wildman–Crippen MR) is 58.0 cm³/mol. The van der Waals surface area contributed by atoms with Gasteiger partial charge in [-0.2, -0.15) is 5.26 Å². The molecule has 1 aliphatic heterocycles. The van der Waals surface area contributed by atoms with Crippen LogP contribution in [0.5, 0.6) is 5.88 Å². The first-order chi connectivity index (χ1) is 7.88. The fourth-order valence-corrected chi connectivity index (χ4v) is 1.65. The standard InChI is InChI=1S/C12H14N2O2/c13-7-10-4-5-12(14-8-10)16-9-11-3-1-2-6-15-11/h4-5,8,11H,1-3,6,9H2. The van der Waals surface area contributed by atoms with Gasteiger partial charge in [-0.25, -0.2) is 4.98 Å². The van der Waals surface area contributed by atoms with Gasteiger partial charge in [-0.15, -0.1) is 0 Å². The smallest absolute Gasteiger partial charge is 0.213 e. The summed E-state index contributed by atoms with van der Waals surface area (Å²) >= 11 is 0. The van der Waals surface area contributed by atoms with Gasteiger partial charge >= 0.3 is 0 Å². The highest BCUT2D eigenvalue weighted by Crippen LogP contribution is 2.14. The van der Waals surface area contributed by atoms with Crippen LogP contribution in [0.4, 0.5) is 0 Å². The number of aromatic nitrogens is 1. The molecule has 1 fully saturated rings. The van der Waals surface area contributed by atoms with E-state index < -0.39 is 0 Å². The zero-order chi connectivity index (χ0) is 11.2. The highest BCUT2D eigenvalue weighted by Gasteiger charge is 2.14. The first kappa shape index (κ1) is 10.9. The molecule has 0 saturated carbocycles. The molecule has 0 spiro atoms. The third-order valence-electron chi connectivity index (χ3n) is 2.56. The van der Waals surface area contributed by atoms with Crippen LogP contribution in [0.3, 0.4) is 0 Å². The Kier molecular flexibility index (Phi) is 3.73. The third kappa shape index (κ3) is 2.94. The number of hydrogen-bond acceptors (Lipinski definition) is 4. The maximum Gasteiger partial charge on any atom is 0.213 e. The number of pyridine rings is 1. The SMILES string of the molecule is N#Cc1ccc(OCC2CCCCO2)nc1. The monoisotopic (exact) mass is 218 g/mol. The van der Waals surface area contributed by atoms with Crippen LogP contribution in [0.2, 0.25) is 0 Å². The van der Waals surface area contributed by atoms with Gasteiger partial charge in [0.05, 0.1) is 11.7 Å². The molecule has 1 aromatic rings. The fraction of sp³-hybridized carbons (Fsp3) is 0.500. The molecule has 1 aromatic heterocycles. The van der Waals surface area contributed by atoms with Crippen LogP contribution in [0.15, 0.2) is 18.3 Å². The zero-order valence-corrected chi connectivity index (χ0v) is 9.06. The molecule has 0 aromatic carbocycles. The molecule has 0 N–H and O–H groups in total. The van der Waals surface area contributed by atoms with Crippen molar-refractivity contribution in [2.75, 3.05) is 13.2 Å². The number of ether oxygens (including phenoxy) is 2. The Hall–Kier alpha value is -1.60. The van der Waals surface area contributed by atoms with Gasteiger partial charge < -0.3 is 9.47 Å². The molecular weight excluding hydrogens is 204 g/mol. The van der Waals surface area contributed by atoms with E-state index in [1.807, 2.05) is 6.07 Å². The molecule has 1 saturated heterocycles. The molecule has 1 atom stereocenters. The summed E-state index contributed by atoms with van der Waals surface area (Å²) in [6.07, 6.45) is 5.10. The summed E-state index contributed by atoms with van der Waals surface area (Å²) in [5.41, 5.74) is 0.543. The summed E-state index contributed by atoms with van der Waals surface area (Å²) in [5, 5.41) is 8.61. The van der Waals surface area contributed by atoms with Crippen molar-refractivity contribution in [3.63, 3.8) is 0 Å². The molecule has 1 unspecified atom stereocenters.